The number of amides is 1. The minimum Gasteiger partial charge on any atom is -0.332 e. The van der Waals surface area contributed by atoms with Gasteiger partial charge in [-0.25, -0.2) is 4.98 Å². The Hall–Kier alpha value is -1.50. The maximum absolute atomic E-state index is 12.7. The zero-order chi connectivity index (χ0) is 17.7. The Balaban J connectivity index is 1.63. The summed E-state index contributed by atoms with van der Waals surface area (Å²) in [6.45, 7) is 0.766. The van der Waals surface area contributed by atoms with Crippen LogP contribution in [0.5, 0.6) is 0 Å². The highest BCUT2D eigenvalue weighted by Gasteiger charge is 2.31. The van der Waals surface area contributed by atoms with Crippen molar-refractivity contribution in [2.75, 3.05) is 6.54 Å². The Bertz CT molecular complexity index is 940. The Kier molecular flexibility index (Phi) is 4.30. The van der Waals surface area contributed by atoms with Gasteiger partial charge in [0, 0.05) is 23.7 Å². The van der Waals surface area contributed by atoms with Gasteiger partial charge in [-0.3, -0.25) is 14.2 Å². The van der Waals surface area contributed by atoms with Gasteiger partial charge in [0.05, 0.1) is 22.3 Å². The number of carbonyl (C=O) groups excluding carboxylic acids is 1. The van der Waals surface area contributed by atoms with E-state index in [0.717, 1.165) is 12.8 Å². The van der Waals surface area contributed by atoms with Gasteiger partial charge in [-0.2, -0.15) is 0 Å². The van der Waals surface area contributed by atoms with Gasteiger partial charge < -0.3 is 4.90 Å². The van der Waals surface area contributed by atoms with Gasteiger partial charge in [-0.15, -0.1) is 12.6 Å². The lowest BCUT2D eigenvalue weighted by atomic mass is 10.1. The van der Waals surface area contributed by atoms with Crippen LogP contribution in [0, 0.1) is 0 Å². The molecule has 130 valence electrons. The second kappa shape index (κ2) is 6.34. The number of halogens is 2. The van der Waals surface area contributed by atoms with Crippen molar-refractivity contribution in [1.82, 2.24) is 14.5 Å². The molecule has 0 atom stereocenters. The molecule has 1 aromatic carbocycles. The summed E-state index contributed by atoms with van der Waals surface area (Å²) in [7, 11) is 0. The van der Waals surface area contributed by atoms with E-state index in [1.807, 2.05) is 0 Å². The van der Waals surface area contributed by atoms with Crippen LogP contribution < -0.4 is 5.56 Å². The molecule has 4 rings (SSSR count). The number of nitrogens with zero attached hydrogens (tertiary/aromatic N) is 3. The molecule has 0 radical (unpaired) electrons. The summed E-state index contributed by atoms with van der Waals surface area (Å²) in [5.74, 6) is -0.155. The molecular weight excluding hydrogens is 381 g/mol. The molecule has 0 spiro atoms. The monoisotopic (exact) mass is 395 g/mol. The van der Waals surface area contributed by atoms with Crippen LogP contribution in [0.25, 0.3) is 0 Å². The van der Waals surface area contributed by atoms with E-state index in [2.05, 4.69) is 17.6 Å². The molecule has 0 unspecified atom stereocenters. The molecule has 1 aromatic heterocycles. The number of rotatable bonds is 2. The summed E-state index contributed by atoms with van der Waals surface area (Å²) in [6, 6.07) is 5.04. The lowest BCUT2D eigenvalue weighted by Gasteiger charge is -2.28. The molecule has 25 heavy (non-hydrogen) atoms. The summed E-state index contributed by atoms with van der Waals surface area (Å²) < 4.78 is 1.68. The first-order valence-electron chi connectivity index (χ1n) is 8.03. The topological polar surface area (TPSA) is 55.2 Å². The first-order valence-corrected chi connectivity index (χ1v) is 9.23. The van der Waals surface area contributed by atoms with Crippen molar-refractivity contribution in [3.8, 4) is 0 Å². The van der Waals surface area contributed by atoms with Gasteiger partial charge >= 0.3 is 0 Å². The second-order valence-electron chi connectivity index (χ2n) is 6.35. The molecule has 1 amide bonds. The molecular formula is C17H15Cl2N3O2S. The third-order valence-corrected chi connectivity index (χ3v) is 5.67. The Morgan fingerprint density at radius 2 is 2.00 bits per heavy atom. The average Bonchev–Trinajstić information content (AvgIpc) is 3.41. The highest BCUT2D eigenvalue weighted by atomic mass is 35.5. The molecule has 1 saturated carbocycles. The first-order chi connectivity index (χ1) is 12.0. The van der Waals surface area contributed by atoms with Gasteiger partial charge in [0.25, 0.3) is 11.5 Å². The SMILES string of the molecule is O=C(c1ccc(Cl)c(Cl)c1)N1CCc2c(nc(S)n(C3CC3)c2=O)C1. The number of benzene rings is 1. The van der Waals surface area contributed by atoms with Crippen molar-refractivity contribution in [2.24, 2.45) is 0 Å². The molecule has 1 aliphatic heterocycles. The smallest absolute Gasteiger partial charge is 0.257 e. The lowest BCUT2D eigenvalue weighted by Crippen LogP contribution is -2.40. The molecule has 8 heteroatoms. The van der Waals surface area contributed by atoms with E-state index in [-0.39, 0.29) is 17.5 Å². The summed E-state index contributed by atoms with van der Waals surface area (Å²) in [6.07, 6.45) is 2.49. The fourth-order valence-electron chi connectivity index (χ4n) is 3.14. The normalized spacial score (nSPS) is 16.7. The molecule has 1 aliphatic carbocycles. The van der Waals surface area contributed by atoms with E-state index in [4.69, 9.17) is 23.2 Å². The Labute approximate surface area is 160 Å². The maximum Gasteiger partial charge on any atom is 0.257 e. The molecule has 0 saturated heterocycles. The van der Waals surface area contributed by atoms with Crippen molar-refractivity contribution in [1.29, 1.82) is 0 Å². The van der Waals surface area contributed by atoms with Crippen LogP contribution in [-0.4, -0.2) is 26.9 Å². The molecule has 2 aromatic rings. The molecule has 1 fully saturated rings. The van der Waals surface area contributed by atoms with Gasteiger partial charge in [0.1, 0.15) is 0 Å². The van der Waals surface area contributed by atoms with Gasteiger partial charge in [-0.05, 0) is 37.5 Å². The maximum atomic E-state index is 12.7. The van der Waals surface area contributed by atoms with Crippen LogP contribution in [0.3, 0.4) is 0 Å². The Morgan fingerprint density at radius 3 is 2.68 bits per heavy atom. The van der Waals surface area contributed by atoms with Crippen LogP contribution >= 0.6 is 35.8 Å². The number of aromatic nitrogens is 2. The number of thiol groups is 1. The van der Waals surface area contributed by atoms with Crippen LogP contribution in [-0.2, 0) is 13.0 Å². The average molecular weight is 396 g/mol. The van der Waals surface area contributed by atoms with Crippen molar-refractivity contribution in [3.05, 3.63) is 55.4 Å². The predicted octanol–water partition coefficient (Wildman–Crippen LogP) is 3.37. The van der Waals surface area contributed by atoms with E-state index in [9.17, 15) is 9.59 Å². The second-order valence-corrected chi connectivity index (χ2v) is 7.56. The van der Waals surface area contributed by atoms with Gasteiger partial charge in [0.2, 0.25) is 0 Å². The molecule has 2 aliphatic rings. The third kappa shape index (κ3) is 3.07. The predicted molar refractivity (Wildman–Crippen MR) is 98.9 cm³/mol. The third-order valence-electron chi connectivity index (χ3n) is 4.61. The van der Waals surface area contributed by atoms with E-state index in [1.165, 1.54) is 0 Å². The summed E-state index contributed by atoms with van der Waals surface area (Å²) in [5.41, 5.74) is 1.78. The van der Waals surface area contributed by atoms with E-state index in [0.29, 0.717) is 51.5 Å². The van der Waals surface area contributed by atoms with Crippen LogP contribution in [0.1, 0.15) is 40.5 Å². The number of carbonyl (C=O) groups is 1. The quantitative estimate of drug-likeness (QED) is 0.626. The minimum atomic E-state index is -0.155. The van der Waals surface area contributed by atoms with Crippen LogP contribution in [0.15, 0.2) is 28.2 Å². The van der Waals surface area contributed by atoms with E-state index in [1.54, 1.807) is 27.7 Å². The van der Waals surface area contributed by atoms with Crippen molar-refractivity contribution >= 4 is 41.7 Å². The van der Waals surface area contributed by atoms with Crippen molar-refractivity contribution in [2.45, 2.75) is 37.0 Å². The first kappa shape index (κ1) is 16.9. The number of fused-ring (bicyclic) bond motifs is 1. The van der Waals surface area contributed by atoms with E-state index >= 15 is 0 Å². The lowest BCUT2D eigenvalue weighted by molar-refractivity contribution is 0.0730. The highest BCUT2D eigenvalue weighted by Crippen LogP contribution is 2.35. The summed E-state index contributed by atoms with van der Waals surface area (Å²) in [4.78, 5) is 31.6. The van der Waals surface area contributed by atoms with Crippen molar-refractivity contribution < 1.29 is 4.79 Å². The number of hydrogen-bond acceptors (Lipinski definition) is 4. The van der Waals surface area contributed by atoms with Crippen LogP contribution in [0.2, 0.25) is 10.0 Å². The molecule has 5 nitrogen and oxygen atoms in total. The van der Waals surface area contributed by atoms with Gasteiger partial charge in [-0.1, -0.05) is 23.2 Å². The fraction of sp³-hybridized carbons (Fsp3) is 0.353. The zero-order valence-electron chi connectivity index (χ0n) is 13.2. The van der Waals surface area contributed by atoms with E-state index < -0.39 is 0 Å². The minimum absolute atomic E-state index is 0.0147. The Morgan fingerprint density at radius 1 is 1.24 bits per heavy atom. The molecule has 2 heterocycles. The molecule has 0 bridgehead atoms. The number of hydrogen-bond donors (Lipinski definition) is 1. The summed E-state index contributed by atoms with van der Waals surface area (Å²) in [5, 5.41) is 1.17. The zero-order valence-corrected chi connectivity index (χ0v) is 15.6. The van der Waals surface area contributed by atoms with Crippen LogP contribution in [0.4, 0.5) is 0 Å². The van der Waals surface area contributed by atoms with Gasteiger partial charge in [0.15, 0.2) is 5.16 Å². The highest BCUT2D eigenvalue weighted by molar-refractivity contribution is 7.80. The standard InChI is InChI=1S/C17H15Cl2N3O2S/c18-12-4-1-9(7-13(12)19)15(23)21-6-5-11-14(8-21)20-17(25)22(16(11)24)10-2-3-10/h1,4,7,10H,2-3,5-6,8H2,(H,20,25). The van der Waals surface area contributed by atoms with Crippen molar-refractivity contribution in [3.63, 3.8) is 0 Å². The molecule has 0 N–H and O–H groups in total. The summed E-state index contributed by atoms with van der Waals surface area (Å²) >= 11 is 16.3. The largest absolute Gasteiger partial charge is 0.332 e. The fourth-order valence-corrected chi connectivity index (χ4v) is 3.81.